The van der Waals surface area contributed by atoms with E-state index in [0.717, 1.165) is 12.0 Å². The van der Waals surface area contributed by atoms with Crippen LogP contribution in [0.5, 0.6) is 0 Å². The zero-order chi connectivity index (χ0) is 8.97. The Balaban J connectivity index is 2.79. The van der Waals surface area contributed by atoms with Gasteiger partial charge in [0.15, 0.2) is 0 Å². The first-order valence-electron chi connectivity index (χ1n) is 3.85. The van der Waals surface area contributed by atoms with Gasteiger partial charge in [-0.1, -0.05) is 6.08 Å². The highest BCUT2D eigenvalue weighted by atomic mass is 16.3. The minimum absolute atomic E-state index is 0.226. The first kappa shape index (κ1) is 8.65. The van der Waals surface area contributed by atoms with E-state index in [1.807, 2.05) is 6.08 Å². The molecule has 0 spiro atoms. The summed E-state index contributed by atoms with van der Waals surface area (Å²) in [6, 6.07) is 0. The third-order valence-electron chi connectivity index (χ3n) is 1.60. The van der Waals surface area contributed by atoms with Crippen LogP contribution in [0.1, 0.15) is 13.3 Å². The lowest BCUT2D eigenvalue weighted by atomic mass is 10.1. The summed E-state index contributed by atoms with van der Waals surface area (Å²) in [4.78, 5) is 0. The highest BCUT2D eigenvalue weighted by Gasteiger charge is 1.99. The van der Waals surface area contributed by atoms with Gasteiger partial charge in [-0.15, -0.1) is 0 Å². The summed E-state index contributed by atoms with van der Waals surface area (Å²) in [7, 11) is 0. The summed E-state index contributed by atoms with van der Waals surface area (Å²) in [5.41, 5.74) is 0.908. The van der Waals surface area contributed by atoms with E-state index in [9.17, 15) is 0 Å². The zero-order valence-corrected chi connectivity index (χ0v) is 6.99. The molecule has 0 radical (unpaired) electrons. The van der Waals surface area contributed by atoms with Gasteiger partial charge in [0.05, 0.1) is 0 Å². The average molecular weight is 164 g/mol. The van der Waals surface area contributed by atoms with Gasteiger partial charge in [-0.2, -0.15) is 0 Å². The van der Waals surface area contributed by atoms with E-state index in [1.54, 1.807) is 31.2 Å². The molecule has 64 valence electrons. The molecule has 0 fully saturated rings. The highest BCUT2D eigenvalue weighted by Crippen LogP contribution is 2.15. The minimum Gasteiger partial charge on any atom is -0.508 e. The lowest BCUT2D eigenvalue weighted by Gasteiger charge is -2.03. The molecule has 0 aromatic carbocycles. The zero-order valence-electron chi connectivity index (χ0n) is 6.99. The van der Waals surface area contributed by atoms with Crippen molar-refractivity contribution in [1.82, 2.24) is 0 Å². The molecule has 0 aromatic heterocycles. The van der Waals surface area contributed by atoms with Crippen LogP contribution in [0, 0.1) is 0 Å². The summed E-state index contributed by atoms with van der Waals surface area (Å²) < 4.78 is 0. The van der Waals surface area contributed by atoms with E-state index in [0.29, 0.717) is 0 Å². The van der Waals surface area contributed by atoms with Crippen LogP contribution < -0.4 is 0 Å². The Bertz CT molecular complexity index is 280. The second-order valence-electron chi connectivity index (χ2n) is 2.61. The number of rotatable bonds is 1. The summed E-state index contributed by atoms with van der Waals surface area (Å²) in [6.07, 6.45) is 9.13. The molecule has 0 saturated heterocycles. The molecule has 0 aliphatic heterocycles. The Labute approximate surface area is 71.8 Å². The van der Waals surface area contributed by atoms with E-state index in [4.69, 9.17) is 10.2 Å². The van der Waals surface area contributed by atoms with E-state index >= 15 is 0 Å². The topological polar surface area (TPSA) is 40.5 Å². The predicted octanol–water partition coefficient (Wildman–Crippen LogP) is 2.78. The van der Waals surface area contributed by atoms with E-state index < -0.39 is 0 Å². The summed E-state index contributed by atoms with van der Waals surface area (Å²) in [5.74, 6) is 0.459. The van der Waals surface area contributed by atoms with Gasteiger partial charge in [-0.05, 0) is 43.2 Å². The monoisotopic (exact) mass is 164 g/mol. The van der Waals surface area contributed by atoms with Crippen LogP contribution in [0.2, 0.25) is 0 Å². The maximum Gasteiger partial charge on any atom is 0.115 e. The minimum atomic E-state index is 0.226. The molecular formula is C10H12O2. The van der Waals surface area contributed by atoms with Gasteiger partial charge in [0, 0.05) is 0 Å². The standard InChI is InChI=1S/C10H12O2/c1-2-9(11)6-8-4-3-5-10(12)7-8/h2-3,5-7,11-12H,4H2,1H3/b8-6+,9-2+. The van der Waals surface area contributed by atoms with Crippen LogP contribution in [-0.4, -0.2) is 10.2 Å². The third-order valence-corrected chi connectivity index (χ3v) is 1.60. The lowest BCUT2D eigenvalue weighted by Crippen LogP contribution is -1.88. The van der Waals surface area contributed by atoms with E-state index in [1.165, 1.54) is 0 Å². The Morgan fingerprint density at radius 1 is 1.58 bits per heavy atom. The van der Waals surface area contributed by atoms with Crippen molar-refractivity contribution in [2.75, 3.05) is 0 Å². The first-order chi connectivity index (χ1) is 5.72. The summed E-state index contributed by atoms with van der Waals surface area (Å²) >= 11 is 0. The van der Waals surface area contributed by atoms with Gasteiger partial charge in [0.25, 0.3) is 0 Å². The molecule has 12 heavy (non-hydrogen) atoms. The van der Waals surface area contributed by atoms with Gasteiger partial charge >= 0.3 is 0 Å². The molecule has 0 saturated carbocycles. The van der Waals surface area contributed by atoms with Gasteiger partial charge < -0.3 is 10.2 Å². The van der Waals surface area contributed by atoms with Gasteiger partial charge in [-0.3, -0.25) is 0 Å². The fraction of sp³-hybridized carbons (Fsp3) is 0.200. The fourth-order valence-corrected chi connectivity index (χ4v) is 0.987. The van der Waals surface area contributed by atoms with E-state index in [2.05, 4.69) is 0 Å². The Hall–Kier alpha value is -1.44. The Kier molecular flexibility index (Phi) is 2.75. The molecule has 1 aliphatic carbocycles. The van der Waals surface area contributed by atoms with Crippen molar-refractivity contribution >= 4 is 0 Å². The maximum atomic E-state index is 9.15. The van der Waals surface area contributed by atoms with Crippen LogP contribution in [-0.2, 0) is 0 Å². The normalized spacial score (nSPS) is 21.2. The van der Waals surface area contributed by atoms with Crippen LogP contribution in [0.3, 0.4) is 0 Å². The predicted molar refractivity (Wildman–Crippen MR) is 48.9 cm³/mol. The summed E-state index contributed by atoms with van der Waals surface area (Å²) in [5, 5.41) is 18.2. The van der Waals surface area contributed by atoms with Crippen molar-refractivity contribution in [1.29, 1.82) is 0 Å². The molecule has 0 unspecified atom stereocenters. The Morgan fingerprint density at radius 3 is 2.92 bits per heavy atom. The number of aliphatic hydroxyl groups is 2. The molecule has 0 atom stereocenters. The molecular weight excluding hydrogens is 152 g/mol. The molecule has 0 bridgehead atoms. The van der Waals surface area contributed by atoms with Crippen molar-refractivity contribution in [2.24, 2.45) is 0 Å². The van der Waals surface area contributed by atoms with E-state index in [-0.39, 0.29) is 11.5 Å². The molecule has 2 nitrogen and oxygen atoms in total. The lowest BCUT2D eigenvalue weighted by molar-refractivity contribution is 0.427. The highest BCUT2D eigenvalue weighted by molar-refractivity contribution is 5.36. The van der Waals surface area contributed by atoms with Crippen molar-refractivity contribution in [2.45, 2.75) is 13.3 Å². The molecule has 2 heteroatoms. The quantitative estimate of drug-likeness (QED) is 0.585. The van der Waals surface area contributed by atoms with Crippen LogP contribution in [0.25, 0.3) is 0 Å². The van der Waals surface area contributed by atoms with Gasteiger partial charge in [-0.25, -0.2) is 0 Å². The molecule has 1 aliphatic rings. The van der Waals surface area contributed by atoms with Crippen LogP contribution >= 0.6 is 0 Å². The number of allylic oxidation sites excluding steroid dienone is 6. The number of hydrogen-bond donors (Lipinski definition) is 2. The number of aliphatic hydroxyl groups excluding tert-OH is 2. The Morgan fingerprint density at radius 2 is 2.33 bits per heavy atom. The smallest absolute Gasteiger partial charge is 0.115 e. The van der Waals surface area contributed by atoms with Gasteiger partial charge in [0.2, 0.25) is 0 Å². The van der Waals surface area contributed by atoms with Crippen molar-refractivity contribution in [3.05, 3.63) is 47.5 Å². The average Bonchev–Trinajstić information content (AvgIpc) is 2.04. The maximum absolute atomic E-state index is 9.15. The SMILES string of the molecule is C/C=C(O)\C=C1\C=C(O)C=CC1. The fourth-order valence-electron chi connectivity index (χ4n) is 0.987. The largest absolute Gasteiger partial charge is 0.508 e. The molecule has 0 aromatic rings. The molecule has 0 amide bonds. The third kappa shape index (κ3) is 2.31. The second-order valence-corrected chi connectivity index (χ2v) is 2.61. The van der Waals surface area contributed by atoms with Gasteiger partial charge in [0.1, 0.15) is 11.5 Å². The van der Waals surface area contributed by atoms with Crippen molar-refractivity contribution in [3.63, 3.8) is 0 Å². The molecule has 0 heterocycles. The first-order valence-corrected chi connectivity index (χ1v) is 3.85. The second kappa shape index (κ2) is 3.81. The van der Waals surface area contributed by atoms with Crippen molar-refractivity contribution < 1.29 is 10.2 Å². The van der Waals surface area contributed by atoms with Crippen molar-refractivity contribution in [3.8, 4) is 0 Å². The molecule has 1 rings (SSSR count). The number of hydrogen-bond acceptors (Lipinski definition) is 2. The molecule has 2 N–H and O–H groups in total. The summed E-state index contributed by atoms with van der Waals surface area (Å²) in [6.45, 7) is 1.76. The van der Waals surface area contributed by atoms with Crippen LogP contribution in [0.4, 0.5) is 0 Å². The van der Waals surface area contributed by atoms with Crippen LogP contribution in [0.15, 0.2) is 47.5 Å².